The minimum absolute atomic E-state index is 0.559. The maximum Gasteiger partial charge on any atom is 0.137 e. The van der Waals surface area contributed by atoms with Crippen LogP contribution in [0.3, 0.4) is 0 Å². The zero-order valence-corrected chi connectivity index (χ0v) is 17.0. The number of anilines is 1. The molecule has 5 heteroatoms. The Morgan fingerprint density at radius 2 is 1.96 bits per heavy atom. The monoisotopic (exact) mass is 373 g/mol. The molecule has 2 aromatic rings. The highest BCUT2D eigenvalue weighted by Crippen LogP contribution is 2.11. The average molecular weight is 374 g/mol. The third-order valence-corrected chi connectivity index (χ3v) is 4.14. The summed E-state index contributed by atoms with van der Waals surface area (Å²) in [4.78, 5) is 17.3. The number of nitrogens with one attached hydrogen (secondary N) is 1. The van der Waals surface area contributed by atoms with E-state index >= 15 is 0 Å². The van der Waals surface area contributed by atoms with Gasteiger partial charge in [0, 0.05) is 30.7 Å². The Bertz CT molecular complexity index is 1030. The first kappa shape index (κ1) is 21.0. The van der Waals surface area contributed by atoms with Crippen LogP contribution in [-0.4, -0.2) is 34.3 Å². The summed E-state index contributed by atoms with van der Waals surface area (Å²) in [6.45, 7) is 14.7. The van der Waals surface area contributed by atoms with E-state index in [1.165, 1.54) is 0 Å². The van der Waals surface area contributed by atoms with Crippen LogP contribution in [0.5, 0.6) is 0 Å². The standard InChI is InChI=1S/C23H27N5/c1-7-21-20(12-18(4)22-11-9-17(3)13-25-22)23(28-15-27-21)26-14-16(2)8-10-19(5)24-6/h7-13,15H,2,4,14H2,1,3,5-6H3,(H,26,27,28)/b10-8-,20-12+,21-7+,24-19?. The van der Waals surface area contributed by atoms with Gasteiger partial charge in [-0.05, 0) is 55.7 Å². The zero-order valence-electron chi connectivity index (χ0n) is 17.0. The van der Waals surface area contributed by atoms with E-state index in [9.17, 15) is 0 Å². The number of hydrogen-bond donors (Lipinski definition) is 1. The van der Waals surface area contributed by atoms with Crippen molar-refractivity contribution in [3.63, 3.8) is 0 Å². The molecule has 0 aliphatic rings. The molecular weight excluding hydrogens is 346 g/mol. The van der Waals surface area contributed by atoms with E-state index in [1.807, 2.05) is 63.4 Å². The molecule has 0 bridgehead atoms. The number of aromatic nitrogens is 3. The fourth-order valence-corrected chi connectivity index (χ4v) is 2.40. The fraction of sp³-hybridized carbons (Fsp3) is 0.217. The van der Waals surface area contributed by atoms with E-state index in [0.29, 0.717) is 6.54 Å². The van der Waals surface area contributed by atoms with Crippen LogP contribution in [0.1, 0.15) is 25.1 Å². The molecule has 28 heavy (non-hydrogen) atoms. The Labute approximate surface area is 166 Å². The molecule has 2 aromatic heterocycles. The third kappa shape index (κ3) is 5.84. The molecule has 0 saturated heterocycles. The predicted octanol–water partition coefficient (Wildman–Crippen LogP) is 3.09. The second kappa shape index (κ2) is 10.1. The second-order valence-corrected chi connectivity index (χ2v) is 6.41. The van der Waals surface area contributed by atoms with Crippen molar-refractivity contribution < 1.29 is 0 Å². The lowest BCUT2D eigenvalue weighted by atomic mass is 10.1. The van der Waals surface area contributed by atoms with E-state index < -0.39 is 0 Å². The number of aliphatic imine (C=N–C) groups is 1. The average Bonchev–Trinajstić information content (AvgIpc) is 2.71. The van der Waals surface area contributed by atoms with Crippen LogP contribution < -0.4 is 15.9 Å². The van der Waals surface area contributed by atoms with Crippen LogP contribution in [0.25, 0.3) is 17.7 Å². The SMILES string of the molecule is C=C(/C=C\C(C)=NC)CNc1ncnc(=C/C)/c1=C\C(=C)c1ccc(C)cn1. The van der Waals surface area contributed by atoms with Crippen LogP contribution in [0.4, 0.5) is 5.82 Å². The van der Waals surface area contributed by atoms with Gasteiger partial charge in [0.1, 0.15) is 12.1 Å². The fourth-order valence-electron chi connectivity index (χ4n) is 2.40. The molecule has 2 heterocycles. The lowest BCUT2D eigenvalue weighted by Crippen LogP contribution is -2.32. The molecule has 0 aromatic carbocycles. The maximum atomic E-state index is 4.45. The lowest BCUT2D eigenvalue weighted by molar-refractivity contribution is 1.08. The topological polar surface area (TPSA) is 63.1 Å². The molecule has 0 radical (unpaired) electrons. The van der Waals surface area contributed by atoms with Crippen molar-refractivity contribution >= 4 is 29.3 Å². The molecular formula is C23H27N5. The summed E-state index contributed by atoms with van der Waals surface area (Å²) in [6, 6.07) is 3.98. The lowest BCUT2D eigenvalue weighted by Gasteiger charge is -2.07. The van der Waals surface area contributed by atoms with Crippen molar-refractivity contribution in [2.45, 2.75) is 20.8 Å². The highest BCUT2D eigenvalue weighted by atomic mass is 15.0. The van der Waals surface area contributed by atoms with Crippen molar-refractivity contribution in [3.05, 3.63) is 77.4 Å². The van der Waals surface area contributed by atoms with Crippen LogP contribution in [-0.2, 0) is 0 Å². The molecule has 1 N–H and O–H groups in total. The van der Waals surface area contributed by atoms with Gasteiger partial charge in [0.15, 0.2) is 0 Å². The van der Waals surface area contributed by atoms with E-state index in [0.717, 1.165) is 44.5 Å². The third-order valence-electron chi connectivity index (χ3n) is 4.14. The first-order valence-electron chi connectivity index (χ1n) is 9.08. The molecule has 0 spiro atoms. The van der Waals surface area contributed by atoms with Crippen molar-refractivity contribution in [1.29, 1.82) is 0 Å². The summed E-state index contributed by atoms with van der Waals surface area (Å²) < 4.78 is 0. The molecule has 0 unspecified atom stereocenters. The summed E-state index contributed by atoms with van der Waals surface area (Å²) in [5, 5.41) is 5.05. The molecule has 2 rings (SSSR count). The van der Waals surface area contributed by atoms with Gasteiger partial charge in [0.05, 0.1) is 11.0 Å². The first-order chi connectivity index (χ1) is 13.4. The Balaban J connectivity index is 2.32. The highest BCUT2D eigenvalue weighted by Gasteiger charge is 2.03. The van der Waals surface area contributed by atoms with Gasteiger partial charge in [-0.3, -0.25) is 9.98 Å². The van der Waals surface area contributed by atoms with Gasteiger partial charge in [-0.2, -0.15) is 0 Å². The van der Waals surface area contributed by atoms with Gasteiger partial charge < -0.3 is 5.32 Å². The summed E-state index contributed by atoms with van der Waals surface area (Å²) in [7, 11) is 1.77. The number of hydrogen-bond acceptors (Lipinski definition) is 5. The largest absolute Gasteiger partial charge is 0.365 e. The van der Waals surface area contributed by atoms with Crippen LogP contribution in [0, 0.1) is 6.92 Å². The van der Waals surface area contributed by atoms with Gasteiger partial charge in [-0.15, -0.1) is 0 Å². The number of rotatable bonds is 7. The zero-order chi connectivity index (χ0) is 20.5. The first-order valence-corrected chi connectivity index (χ1v) is 9.08. The van der Waals surface area contributed by atoms with Crippen molar-refractivity contribution in [2.75, 3.05) is 18.9 Å². The Morgan fingerprint density at radius 3 is 2.61 bits per heavy atom. The smallest absolute Gasteiger partial charge is 0.137 e. The molecule has 0 saturated carbocycles. The van der Waals surface area contributed by atoms with Crippen molar-refractivity contribution in [2.24, 2.45) is 4.99 Å². The van der Waals surface area contributed by atoms with Crippen LogP contribution in [0.15, 0.2) is 60.5 Å². The number of allylic oxidation sites excluding steroid dienone is 2. The predicted molar refractivity (Wildman–Crippen MR) is 120 cm³/mol. The second-order valence-electron chi connectivity index (χ2n) is 6.41. The number of nitrogens with zero attached hydrogens (tertiary/aromatic N) is 4. The molecule has 0 amide bonds. The molecule has 0 atom stereocenters. The summed E-state index contributed by atoms with van der Waals surface area (Å²) in [6.07, 6.45) is 11.2. The molecule has 5 nitrogen and oxygen atoms in total. The molecule has 0 fully saturated rings. The summed E-state index contributed by atoms with van der Waals surface area (Å²) >= 11 is 0. The van der Waals surface area contributed by atoms with Gasteiger partial charge in [-0.25, -0.2) is 9.97 Å². The van der Waals surface area contributed by atoms with Gasteiger partial charge in [-0.1, -0.05) is 31.4 Å². The maximum absolute atomic E-state index is 4.45. The summed E-state index contributed by atoms with van der Waals surface area (Å²) in [5.41, 5.74) is 4.61. The Morgan fingerprint density at radius 1 is 1.18 bits per heavy atom. The number of pyridine rings is 1. The van der Waals surface area contributed by atoms with Crippen LogP contribution >= 0.6 is 0 Å². The van der Waals surface area contributed by atoms with Crippen molar-refractivity contribution in [3.8, 4) is 0 Å². The minimum Gasteiger partial charge on any atom is -0.365 e. The minimum atomic E-state index is 0.559. The highest BCUT2D eigenvalue weighted by molar-refractivity contribution is 5.93. The molecule has 0 aliphatic carbocycles. The Hall–Kier alpha value is -3.34. The Kier molecular flexibility index (Phi) is 7.57. The van der Waals surface area contributed by atoms with E-state index in [1.54, 1.807) is 13.4 Å². The summed E-state index contributed by atoms with van der Waals surface area (Å²) in [5.74, 6) is 0.729. The van der Waals surface area contributed by atoms with E-state index in [4.69, 9.17) is 0 Å². The molecule has 0 aliphatic heterocycles. The quantitative estimate of drug-likeness (QED) is 0.598. The van der Waals surface area contributed by atoms with Gasteiger partial charge in [0.2, 0.25) is 0 Å². The van der Waals surface area contributed by atoms with Gasteiger partial charge >= 0.3 is 0 Å². The van der Waals surface area contributed by atoms with E-state index in [-0.39, 0.29) is 0 Å². The normalized spacial score (nSPS) is 13.2. The molecule has 144 valence electrons. The number of aryl methyl sites for hydroxylation is 1. The van der Waals surface area contributed by atoms with E-state index in [2.05, 4.69) is 38.4 Å². The van der Waals surface area contributed by atoms with Crippen molar-refractivity contribution in [1.82, 2.24) is 15.0 Å². The van der Waals surface area contributed by atoms with Gasteiger partial charge in [0.25, 0.3) is 0 Å². The van der Waals surface area contributed by atoms with Crippen LogP contribution in [0.2, 0.25) is 0 Å².